The molecule has 3 amide bonds. The van der Waals surface area contributed by atoms with Gasteiger partial charge in [0, 0.05) is 17.6 Å². The van der Waals surface area contributed by atoms with Crippen LogP contribution in [0.4, 0.5) is 0 Å². The molecule has 1 heterocycles. The summed E-state index contributed by atoms with van der Waals surface area (Å²) in [5.74, 6) is -1.72. The smallest absolute Gasteiger partial charge is 0.269 e. The van der Waals surface area contributed by atoms with Gasteiger partial charge in [0.1, 0.15) is 17.5 Å². The number of hydrogen-bond donors (Lipinski definition) is 1. The van der Waals surface area contributed by atoms with Crippen LogP contribution in [-0.4, -0.2) is 54.0 Å². The van der Waals surface area contributed by atoms with E-state index in [1.165, 1.54) is 23.1 Å². The second kappa shape index (κ2) is 10.4. The van der Waals surface area contributed by atoms with Crippen LogP contribution in [0.25, 0.3) is 0 Å². The minimum atomic E-state index is -4.16. The quantitative estimate of drug-likeness (QED) is 0.606. The summed E-state index contributed by atoms with van der Waals surface area (Å²) in [6, 6.07) is 11.9. The van der Waals surface area contributed by atoms with E-state index in [1.807, 2.05) is 0 Å². The Labute approximate surface area is 210 Å². The van der Waals surface area contributed by atoms with Crippen LogP contribution in [0.15, 0.2) is 53.4 Å². The monoisotopic (exact) mass is 517 g/mol. The Morgan fingerprint density at radius 3 is 2.51 bits per heavy atom. The zero-order valence-corrected chi connectivity index (χ0v) is 21.0. The zero-order valence-electron chi connectivity index (χ0n) is 19.4. The molecule has 8 nitrogen and oxygen atoms in total. The maximum Gasteiger partial charge on any atom is 0.269 e. The molecule has 0 unspecified atom stereocenters. The van der Waals surface area contributed by atoms with Gasteiger partial charge in [-0.2, -0.15) is 0 Å². The average molecular weight is 518 g/mol. The number of fused-ring (bicyclic) bond motifs is 1. The van der Waals surface area contributed by atoms with Gasteiger partial charge in [-0.3, -0.25) is 14.4 Å². The predicted octanol–water partition coefficient (Wildman–Crippen LogP) is 3.35. The fourth-order valence-corrected chi connectivity index (χ4v) is 6.32. The maximum absolute atomic E-state index is 13.5. The first-order valence-electron chi connectivity index (χ1n) is 11.7. The third-order valence-electron chi connectivity index (χ3n) is 6.55. The highest BCUT2D eigenvalue weighted by Gasteiger charge is 2.43. The van der Waals surface area contributed by atoms with E-state index in [-0.39, 0.29) is 29.0 Å². The third kappa shape index (κ3) is 5.36. The molecule has 1 atom stereocenters. The van der Waals surface area contributed by atoms with Crippen molar-refractivity contribution in [3.05, 3.63) is 64.7 Å². The van der Waals surface area contributed by atoms with E-state index < -0.39 is 34.4 Å². The summed E-state index contributed by atoms with van der Waals surface area (Å²) in [6.07, 6.45) is 5.00. The second-order valence-electron chi connectivity index (χ2n) is 8.98. The highest BCUT2D eigenvalue weighted by Crippen LogP contribution is 2.30. The standard InChI is InChI=1S/C25H28ClN3O5S/c1-17(24(31)27-20-10-3-2-4-11-20)28(15-18-8-7-9-19(26)14-18)23(30)16-29-25(32)21-12-5-6-13-22(21)35(29,33)34/h5-9,12-14,17,20H,2-4,10-11,15-16H2,1H3,(H,27,31)/t17-/m0/s1. The molecule has 2 aromatic carbocycles. The molecule has 0 aromatic heterocycles. The number of amides is 3. The van der Waals surface area contributed by atoms with Crippen LogP contribution in [0.2, 0.25) is 5.02 Å². The molecule has 0 spiro atoms. The highest BCUT2D eigenvalue weighted by molar-refractivity contribution is 7.90. The Bertz CT molecular complexity index is 1240. The van der Waals surface area contributed by atoms with Crippen molar-refractivity contribution in [2.45, 2.75) is 62.6 Å². The van der Waals surface area contributed by atoms with Crippen molar-refractivity contribution in [1.82, 2.24) is 14.5 Å². The molecule has 0 saturated heterocycles. The first kappa shape index (κ1) is 25.2. The molecule has 0 radical (unpaired) electrons. The van der Waals surface area contributed by atoms with E-state index >= 15 is 0 Å². The van der Waals surface area contributed by atoms with Gasteiger partial charge in [0.15, 0.2) is 0 Å². The van der Waals surface area contributed by atoms with Crippen molar-refractivity contribution in [1.29, 1.82) is 0 Å². The van der Waals surface area contributed by atoms with Crippen LogP contribution in [0.3, 0.4) is 0 Å². The Balaban J connectivity index is 1.57. The van der Waals surface area contributed by atoms with Gasteiger partial charge >= 0.3 is 0 Å². The number of nitrogens with zero attached hydrogens (tertiary/aromatic N) is 2. The van der Waals surface area contributed by atoms with Crippen LogP contribution in [0, 0.1) is 0 Å². The SMILES string of the molecule is C[C@@H](C(=O)NC1CCCCC1)N(Cc1cccc(Cl)c1)C(=O)CN1C(=O)c2ccccc2S1(=O)=O. The van der Waals surface area contributed by atoms with Gasteiger partial charge in [-0.15, -0.1) is 0 Å². The number of halogens is 1. The number of nitrogens with one attached hydrogen (secondary N) is 1. The first-order chi connectivity index (χ1) is 16.7. The van der Waals surface area contributed by atoms with Gasteiger partial charge in [-0.1, -0.05) is 55.1 Å². The fraction of sp³-hybridized carbons (Fsp3) is 0.400. The van der Waals surface area contributed by atoms with Gasteiger partial charge < -0.3 is 10.2 Å². The highest BCUT2D eigenvalue weighted by atomic mass is 35.5. The van der Waals surface area contributed by atoms with Crippen LogP contribution in [0.1, 0.15) is 54.9 Å². The number of carbonyl (C=O) groups is 3. The Morgan fingerprint density at radius 1 is 1.11 bits per heavy atom. The molecule has 186 valence electrons. The Morgan fingerprint density at radius 2 is 1.83 bits per heavy atom. The van der Waals surface area contributed by atoms with Crippen molar-refractivity contribution < 1.29 is 22.8 Å². The van der Waals surface area contributed by atoms with Gasteiger partial charge in [-0.25, -0.2) is 12.7 Å². The zero-order chi connectivity index (χ0) is 25.2. The van der Waals surface area contributed by atoms with Crippen molar-refractivity contribution in [3.63, 3.8) is 0 Å². The summed E-state index contributed by atoms with van der Waals surface area (Å²) in [7, 11) is -4.16. The maximum atomic E-state index is 13.5. The predicted molar refractivity (Wildman–Crippen MR) is 131 cm³/mol. The molecule has 1 fully saturated rings. The van der Waals surface area contributed by atoms with E-state index in [2.05, 4.69) is 5.32 Å². The summed E-state index contributed by atoms with van der Waals surface area (Å²) < 4.78 is 26.5. The number of benzene rings is 2. The molecular weight excluding hydrogens is 490 g/mol. The molecule has 1 aliphatic heterocycles. The first-order valence-corrected chi connectivity index (χ1v) is 13.5. The Kier molecular flexibility index (Phi) is 7.47. The molecule has 4 rings (SSSR count). The van der Waals surface area contributed by atoms with Gasteiger partial charge in [-0.05, 0) is 49.6 Å². The summed E-state index contributed by atoms with van der Waals surface area (Å²) in [6.45, 7) is 0.945. The molecule has 35 heavy (non-hydrogen) atoms. The largest absolute Gasteiger partial charge is 0.352 e. The summed E-state index contributed by atoms with van der Waals surface area (Å²) in [4.78, 5) is 40.6. The summed E-state index contributed by atoms with van der Waals surface area (Å²) >= 11 is 6.11. The van der Waals surface area contributed by atoms with Gasteiger partial charge in [0.05, 0.1) is 5.56 Å². The lowest BCUT2D eigenvalue weighted by Gasteiger charge is -2.32. The van der Waals surface area contributed by atoms with Crippen molar-refractivity contribution in [2.75, 3.05) is 6.54 Å². The van der Waals surface area contributed by atoms with E-state index in [4.69, 9.17) is 11.6 Å². The lowest BCUT2D eigenvalue weighted by atomic mass is 9.95. The Hall–Kier alpha value is -2.91. The average Bonchev–Trinajstić information content (AvgIpc) is 3.03. The minimum Gasteiger partial charge on any atom is -0.352 e. The topological polar surface area (TPSA) is 104 Å². The molecule has 10 heteroatoms. The lowest BCUT2D eigenvalue weighted by Crippen LogP contribution is -2.52. The molecule has 1 N–H and O–H groups in total. The molecule has 1 aliphatic carbocycles. The van der Waals surface area contributed by atoms with Gasteiger partial charge in [0.2, 0.25) is 11.8 Å². The van der Waals surface area contributed by atoms with Crippen molar-refractivity contribution in [3.8, 4) is 0 Å². The molecule has 2 aliphatic rings. The van der Waals surface area contributed by atoms with E-state index in [9.17, 15) is 22.8 Å². The number of hydrogen-bond acceptors (Lipinski definition) is 5. The molecule has 1 saturated carbocycles. The number of rotatable bonds is 7. The number of sulfonamides is 1. The van der Waals surface area contributed by atoms with Gasteiger partial charge in [0.25, 0.3) is 15.9 Å². The normalized spacial score (nSPS) is 18.1. The van der Waals surface area contributed by atoms with E-state index in [0.29, 0.717) is 14.9 Å². The lowest BCUT2D eigenvalue weighted by molar-refractivity contribution is -0.140. The van der Waals surface area contributed by atoms with E-state index in [1.54, 1.807) is 37.3 Å². The van der Waals surface area contributed by atoms with E-state index in [0.717, 1.165) is 32.1 Å². The summed E-state index contributed by atoms with van der Waals surface area (Å²) in [5.41, 5.74) is 0.715. The van der Waals surface area contributed by atoms with Crippen molar-refractivity contribution in [2.24, 2.45) is 0 Å². The van der Waals surface area contributed by atoms with Crippen molar-refractivity contribution >= 4 is 39.3 Å². The fourth-order valence-electron chi connectivity index (χ4n) is 4.58. The number of carbonyl (C=O) groups excluding carboxylic acids is 3. The van der Waals surface area contributed by atoms with Crippen LogP contribution in [-0.2, 0) is 26.2 Å². The van der Waals surface area contributed by atoms with Crippen LogP contribution >= 0.6 is 11.6 Å². The summed E-state index contributed by atoms with van der Waals surface area (Å²) in [5, 5.41) is 3.50. The molecule has 2 aromatic rings. The second-order valence-corrected chi connectivity index (χ2v) is 11.3. The van der Waals surface area contributed by atoms with Crippen LogP contribution < -0.4 is 5.32 Å². The minimum absolute atomic E-state index is 0.0322. The molecular formula is C25H28ClN3O5S. The third-order valence-corrected chi connectivity index (χ3v) is 8.57. The molecule has 0 bridgehead atoms. The van der Waals surface area contributed by atoms with Crippen LogP contribution in [0.5, 0.6) is 0 Å².